The van der Waals surface area contributed by atoms with Crippen molar-refractivity contribution in [1.82, 2.24) is 21.1 Å². The molecule has 0 spiro atoms. The number of fused-ring (bicyclic) bond motifs is 3. The minimum absolute atomic E-state index is 0.126. The molecule has 0 unspecified atom stereocenters. The molecule has 0 bridgehead atoms. The Hall–Kier alpha value is -4.34. The number of aromatic amines is 1. The molecule has 2 atom stereocenters. The minimum Gasteiger partial charge on any atom is -0.493 e. The van der Waals surface area contributed by atoms with Gasteiger partial charge in [-0.2, -0.15) is 0 Å². The maximum Gasteiger partial charge on any atom is 0.274 e. The molecule has 1 aliphatic heterocycles. The molecular formula is C28H28N4O5. The fourth-order valence-electron chi connectivity index (χ4n) is 4.85. The molecule has 0 saturated carbocycles. The standard InChI is InChI=1S/C28H28N4O5/c1-36-23-12-11-18(13-24(23)37-2)25-26-20(19-5-3-4-6-21(19)30-26)14-22(31-25)28(34)29-15-16-7-9-17(10-8-16)27(33)32-35/h3-13,22,25,30-31,35H,14-15H2,1-2H3,(H,29,34)(H,32,33)/t22-,25+/m0/s1. The van der Waals surface area contributed by atoms with Crippen LogP contribution in [-0.4, -0.2) is 42.3 Å². The Morgan fingerprint density at radius 3 is 2.49 bits per heavy atom. The van der Waals surface area contributed by atoms with Crippen molar-refractivity contribution in [3.63, 3.8) is 0 Å². The van der Waals surface area contributed by atoms with E-state index in [1.54, 1.807) is 44.0 Å². The summed E-state index contributed by atoms with van der Waals surface area (Å²) in [6, 6.07) is 19.8. The van der Waals surface area contributed by atoms with Crippen LogP contribution in [0.1, 0.15) is 38.8 Å². The van der Waals surface area contributed by atoms with E-state index in [0.717, 1.165) is 33.3 Å². The second kappa shape index (κ2) is 10.3. The number of amides is 2. The molecule has 1 aromatic heterocycles. The predicted octanol–water partition coefficient (Wildman–Crippen LogP) is 3.22. The second-order valence-corrected chi connectivity index (χ2v) is 8.89. The second-order valence-electron chi connectivity index (χ2n) is 8.89. The van der Waals surface area contributed by atoms with E-state index in [0.29, 0.717) is 30.0 Å². The maximum atomic E-state index is 13.3. The highest BCUT2D eigenvalue weighted by Gasteiger charge is 2.34. The van der Waals surface area contributed by atoms with E-state index >= 15 is 0 Å². The number of carbonyl (C=O) groups excluding carboxylic acids is 2. The molecule has 1 aliphatic rings. The topological polar surface area (TPSA) is 125 Å². The number of nitrogens with one attached hydrogen (secondary N) is 4. The number of carbonyl (C=O) groups is 2. The summed E-state index contributed by atoms with van der Waals surface area (Å²) in [6.07, 6.45) is 0.532. The monoisotopic (exact) mass is 500 g/mol. The maximum absolute atomic E-state index is 13.3. The van der Waals surface area contributed by atoms with Gasteiger partial charge in [-0.15, -0.1) is 0 Å². The molecule has 0 radical (unpaired) electrons. The van der Waals surface area contributed by atoms with Crippen molar-refractivity contribution in [3.8, 4) is 11.5 Å². The third-order valence-corrected chi connectivity index (χ3v) is 6.75. The van der Waals surface area contributed by atoms with E-state index < -0.39 is 11.9 Å². The van der Waals surface area contributed by atoms with Gasteiger partial charge in [0.1, 0.15) is 0 Å². The highest BCUT2D eigenvalue weighted by Crippen LogP contribution is 2.38. The summed E-state index contributed by atoms with van der Waals surface area (Å²) in [5, 5.41) is 16.4. The number of para-hydroxylation sites is 1. The van der Waals surface area contributed by atoms with Gasteiger partial charge < -0.3 is 19.8 Å². The molecule has 9 nitrogen and oxygen atoms in total. The molecule has 37 heavy (non-hydrogen) atoms. The van der Waals surface area contributed by atoms with E-state index in [1.807, 2.05) is 36.4 Å². The lowest BCUT2D eigenvalue weighted by atomic mass is 9.90. The Balaban J connectivity index is 1.41. The van der Waals surface area contributed by atoms with E-state index in [2.05, 4.69) is 21.7 Å². The molecule has 190 valence electrons. The highest BCUT2D eigenvalue weighted by molar-refractivity contribution is 5.93. The van der Waals surface area contributed by atoms with Crippen LogP contribution in [0.2, 0.25) is 0 Å². The number of benzene rings is 3. The van der Waals surface area contributed by atoms with Gasteiger partial charge in [0, 0.05) is 28.7 Å². The molecule has 4 aromatic rings. The first kappa shape index (κ1) is 24.4. The van der Waals surface area contributed by atoms with Gasteiger partial charge in [-0.25, -0.2) is 5.48 Å². The average molecular weight is 501 g/mol. The van der Waals surface area contributed by atoms with Crippen molar-refractivity contribution in [3.05, 3.63) is 94.7 Å². The van der Waals surface area contributed by atoms with E-state index in [1.165, 1.54) is 0 Å². The lowest BCUT2D eigenvalue weighted by Crippen LogP contribution is -2.49. The van der Waals surface area contributed by atoms with Crippen molar-refractivity contribution >= 4 is 22.7 Å². The van der Waals surface area contributed by atoms with E-state index in [4.69, 9.17) is 14.7 Å². The number of rotatable bonds is 7. The van der Waals surface area contributed by atoms with Crippen LogP contribution >= 0.6 is 0 Å². The van der Waals surface area contributed by atoms with E-state index in [9.17, 15) is 9.59 Å². The summed E-state index contributed by atoms with van der Waals surface area (Å²) in [5.41, 5.74) is 6.87. The van der Waals surface area contributed by atoms with Gasteiger partial charge in [-0.3, -0.25) is 20.1 Å². The van der Waals surface area contributed by atoms with E-state index in [-0.39, 0.29) is 11.9 Å². The largest absolute Gasteiger partial charge is 0.493 e. The fraction of sp³-hybridized carbons (Fsp3) is 0.214. The van der Waals surface area contributed by atoms with Gasteiger partial charge in [0.15, 0.2) is 11.5 Å². The van der Waals surface area contributed by atoms with Crippen LogP contribution in [0, 0.1) is 0 Å². The summed E-state index contributed by atoms with van der Waals surface area (Å²) in [4.78, 5) is 28.4. The Bertz CT molecular complexity index is 1450. The van der Waals surface area contributed by atoms with Crippen LogP contribution in [0.4, 0.5) is 0 Å². The van der Waals surface area contributed by atoms with Crippen LogP contribution in [-0.2, 0) is 17.8 Å². The summed E-state index contributed by atoms with van der Waals surface area (Å²) in [6.45, 7) is 0.305. The zero-order valence-corrected chi connectivity index (χ0v) is 20.5. The first-order valence-electron chi connectivity index (χ1n) is 11.9. The molecular weight excluding hydrogens is 472 g/mol. The van der Waals surface area contributed by atoms with Gasteiger partial charge >= 0.3 is 0 Å². The van der Waals surface area contributed by atoms with Crippen LogP contribution < -0.4 is 25.6 Å². The Morgan fingerprint density at radius 2 is 1.76 bits per heavy atom. The Kier molecular flexibility index (Phi) is 6.80. The highest BCUT2D eigenvalue weighted by atomic mass is 16.5. The summed E-state index contributed by atoms with van der Waals surface area (Å²) in [5.74, 6) is 0.538. The van der Waals surface area contributed by atoms with Gasteiger partial charge in [0.25, 0.3) is 5.91 Å². The Morgan fingerprint density at radius 1 is 1.00 bits per heavy atom. The average Bonchev–Trinajstić information content (AvgIpc) is 3.33. The SMILES string of the molecule is COc1ccc([C@H]2N[C@H](C(=O)NCc3ccc(C(=O)NO)cc3)Cc3c2[nH]c2ccccc32)cc1OC. The molecule has 5 N–H and O–H groups in total. The number of aromatic nitrogens is 1. The van der Waals surface area contributed by atoms with Crippen LogP contribution in [0.3, 0.4) is 0 Å². The van der Waals surface area contributed by atoms with Crippen LogP contribution in [0.25, 0.3) is 10.9 Å². The number of H-pyrrole nitrogens is 1. The smallest absolute Gasteiger partial charge is 0.274 e. The molecule has 2 heterocycles. The normalized spacial score (nSPS) is 16.6. The van der Waals surface area contributed by atoms with Crippen LogP contribution in [0.15, 0.2) is 66.7 Å². The predicted molar refractivity (Wildman–Crippen MR) is 138 cm³/mol. The van der Waals surface area contributed by atoms with Gasteiger partial charge in [0.05, 0.1) is 26.3 Å². The van der Waals surface area contributed by atoms with Crippen molar-refractivity contribution in [1.29, 1.82) is 0 Å². The molecule has 5 rings (SSSR count). The zero-order chi connectivity index (χ0) is 25.9. The summed E-state index contributed by atoms with van der Waals surface area (Å²) >= 11 is 0. The van der Waals surface area contributed by atoms with Gasteiger partial charge in [-0.1, -0.05) is 36.4 Å². The van der Waals surface area contributed by atoms with Gasteiger partial charge in [0.2, 0.25) is 5.91 Å². The van der Waals surface area contributed by atoms with Crippen molar-refractivity contribution in [2.24, 2.45) is 0 Å². The number of methoxy groups -OCH3 is 2. The molecule has 0 saturated heterocycles. The Labute approximate surface area is 213 Å². The van der Waals surface area contributed by atoms with Crippen molar-refractivity contribution in [2.45, 2.75) is 25.0 Å². The summed E-state index contributed by atoms with van der Waals surface area (Å²) < 4.78 is 10.9. The molecule has 3 aromatic carbocycles. The third kappa shape index (κ3) is 4.74. The van der Waals surface area contributed by atoms with Gasteiger partial charge in [-0.05, 0) is 53.4 Å². The fourth-order valence-corrected chi connectivity index (χ4v) is 4.85. The molecule has 9 heteroatoms. The number of hydroxylamine groups is 1. The summed E-state index contributed by atoms with van der Waals surface area (Å²) in [7, 11) is 3.20. The number of hydrogen-bond donors (Lipinski definition) is 5. The minimum atomic E-state index is -0.585. The number of ether oxygens (including phenoxy) is 2. The van der Waals surface area contributed by atoms with Crippen molar-refractivity contribution in [2.75, 3.05) is 14.2 Å². The molecule has 0 aliphatic carbocycles. The van der Waals surface area contributed by atoms with Crippen molar-refractivity contribution < 1.29 is 24.3 Å². The quantitative estimate of drug-likeness (QED) is 0.196. The first-order valence-corrected chi connectivity index (χ1v) is 11.9. The molecule has 0 fully saturated rings. The number of hydrogen-bond acceptors (Lipinski definition) is 6. The lowest BCUT2D eigenvalue weighted by molar-refractivity contribution is -0.123. The first-order chi connectivity index (χ1) is 18.0. The third-order valence-electron chi connectivity index (χ3n) is 6.75. The lowest BCUT2D eigenvalue weighted by Gasteiger charge is -2.31. The van der Waals surface area contributed by atoms with Crippen LogP contribution in [0.5, 0.6) is 11.5 Å². The molecule has 2 amide bonds. The zero-order valence-electron chi connectivity index (χ0n) is 20.5.